The predicted octanol–water partition coefficient (Wildman–Crippen LogP) is 1.37. The molecule has 1 aromatic carbocycles. The summed E-state index contributed by atoms with van der Waals surface area (Å²) in [6.45, 7) is 3.80. The SMILES string of the molecule is CC(NCC1(O)CCOCC1)c1ccc(NC(N)=O)cc1. The monoisotopic (exact) mass is 293 g/mol. The highest BCUT2D eigenvalue weighted by Crippen LogP contribution is 2.21. The maximum absolute atomic E-state index is 10.8. The van der Waals surface area contributed by atoms with Crippen molar-refractivity contribution < 1.29 is 14.6 Å². The average Bonchev–Trinajstić information content (AvgIpc) is 2.46. The maximum Gasteiger partial charge on any atom is 0.316 e. The second-order valence-corrected chi connectivity index (χ2v) is 5.55. The number of aliphatic hydroxyl groups is 1. The molecule has 0 saturated carbocycles. The molecule has 21 heavy (non-hydrogen) atoms. The summed E-state index contributed by atoms with van der Waals surface area (Å²) < 4.78 is 5.27. The van der Waals surface area contributed by atoms with E-state index in [4.69, 9.17) is 10.5 Å². The summed E-state index contributed by atoms with van der Waals surface area (Å²) in [4.78, 5) is 10.8. The van der Waals surface area contributed by atoms with E-state index in [2.05, 4.69) is 10.6 Å². The van der Waals surface area contributed by atoms with Gasteiger partial charge in [-0.2, -0.15) is 0 Å². The lowest BCUT2D eigenvalue weighted by atomic mass is 9.94. The van der Waals surface area contributed by atoms with Crippen LogP contribution in [0.5, 0.6) is 0 Å². The Morgan fingerprint density at radius 2 is 2.00 bits per heavy atom. The minimum absolute atomic E-state index is 0.111. The highest BCUT2D eigenvalue weighted by molar-refractivity contribution is 5.87. The van der Waals surface area contributed by atoms with Crippen molar-refractivity contribution in [3.05, 3.63) is 29.8 Å². The fourth-order valence-corrected chi connectivity index (χ4v) is 2.39. The summed E-state index contributed by atoms with van der Waals surface area (Å²) >= 11 is 0. The second-order valence-electron chi connectivity index (χ2n) is 5.55. The van der Waals surface area contributed by atoms with Gasteiger partial charge in [0.25, 0.3) is 0 Å². The smallest absolute Gasteiger partial charge is 0.316 e. The number of nitrogens with one attached hydrogen (secondary N) is 2. The molecule has 1 aliphatic heterocycles. The number of anilines is 1. The Morgan fingerprint density at radius 3 is 2.57 bits per heavy atom. The molecule has 1 aliphatic rings. The van der Waals surface area contributed by atoms with Gasteiger partial charge >= 0.3 is 6.03 Å². The van der Waals surface area contributed by atoms with Crippen LogP contribution in [0.3, 0.4) is 0 Å². The zero-order valence-electron chi connectivity index (χ0n) is 12.3. The normalized spacial score (nSPS) is 19.0. The molecule has 0 bridgehead atoms. The first-order valence-corrected chi connectivity index (χ1v) is 7.18. The molecular formula is C15H23N3O3. The first-order chi connectivity index (χ1) is 9.98. The number of urea groups is 1. The largest absolute Gasteiger partial charge is 0.388 e. The number of rotatable bonds is 5. The molecule has 2 rings (SSSR count). The van der Waals surface area contributed by atoms with E-state index in [-0.39, 0.29) is 6.04 Å². The number of hydrogen-bond acceptors (Lipinski definition) is 4. The van der Waals surface area contributed by atoms with E-state index in [1.165, 1.54) is 0 Å². The van der Waals surface area contributed by atoms with E-state index in [0.717, 1.165) is 5.56 Å². The summed E-state index contributed by atoms with van der Waals surface area (Å²) in [6, 6.07) is 7.01. The van der Waals surface area contributed by atoms with E-state index in [0.29, 0.717) is 38.3 Å². The average molecular weight is 293 g/mol. The van der Waals surface area contributed by atoms with Gasteiger partial charge < -0.3 is 26.2 Å². The number of nitrogens with two attached hydrogens (primary N) is 1. The van der Waals surface area contributed by atoms with Crippen LogP contribution in [0, 0.1) is 0 Å². The van der Waals surface area contributed by atoms with Crippen molar-refractivity contribution in [2.75, 3.05) is 25.1 Å². The molecule has 1 saturated heterocycles. The van der Waals surface area contributed by atoms with Crippen molar-refractivity contribution in [2.45, 2.75) is 31.4 Å². The van der Waals surface area contributed by atoms with Crippen LogP contribution >= 0.6 is 0 Å². The maximum atomic E-state index is 10.8. The van der Waals surface area contributed by atoms with Crippen LogP contribution in [-0.2, 0) is 4.74 Å². The fourth-order valence-electron chi connectivity index (χ4n) is 2.39. The second kappa shape index (κ2) is 6.89. The van der Waals surface area contributed by atoms with Crippen molar-refractivity contribution >= 4 is 11.7 Å². The molecular weight excluding hydrogens is 270 g/mol. The Kier molecular flexibility index (Phi) is 5.17. The van der Waals surface area contributed by atoms with Crippen LogP contribution in [-0.4, -0.2) is 36.5 Å². The minimum Gasteiger partial charge on any atom is -0.388 e. The number of amides is 2. The van der Waals surface area contributed by atoms with E-state index in [1.807, 2.05) is 19.1 Å². The lowest BCUT2D eigenvalue weighted by Crippen LogP contribution is -2.45. The number of hydrogen-bond donors (Lipinski definition) is 4. The molecule has 0 radical (unpaired) electrons. The van der Waals surface area contributed by atoms with Gasteiger partial charge in [-0.1, -0.05) is 12.1 Å². The first kappa shape index (κ1) is 15.8. The van der Waals surface area contributed by atoms with E-state index in [1.54, 1.807) is 12.1 Å². The van der Waals surface area contributed by atoms with E-state index >= 15 is 0 Å². The molecule has 2 amide bonds. The summed E-state index contributed by atoms with van der Waals surface area (Å²) in [5.41, 5.74) is 6.14. The predicted molar refractivity (Wildman–Crippen MR) is 81.1 cm³/mol. The molecule has 6 heteroatoms. The Morgan fingerprint density at radius 1 is 1.38 bits per heavy atom. The van der Waals surface area contributed by atoms with Gasteiger partial charge in [-0.3, -0.25) is 0 Å². The zero-order chi connectivity index (χ0) is 15.3. The quantitative estimate of drug-likeness (QED) is 0.659. The topological polar surface area (TPSA) is 96.6 Å². The Balaban J connectivity index is 1.87. The minimum atomic E-state index is -0.681. The van der Waals surface area contributed by atoms with Crippen LogP contribution in [0.2, 0.25) is 0 Å². The van der Waals surface area contributed by atoms with Gasteiger partial charge in [0.15, 0.2) is 0 Å². The van der Waals surface area contributed by atoms with Gasteiger partial charge in [0, 0.05) is 44.3 Å². The van der Waals surface area contributed by atoms with Crippen LogP contribution in [0.25, 0.3) is 0 Å². The van der Waals surface area contributed by atoms with Gasteiger partial charge in [0.2, 0.25) is 0 Å². The van der Waals surface area contributed by atoms with Gasteiger partial charge in [-0.05, 0) is 24.6 Å². The number of primary amides is 1. The van der Waals surface area contributed by atoms with Crippen LogP contribution in [0.4, 0.5) is 10.5 Å². The Labute approximate surface area is 124 Å². The standard InChI is InChI=1S/C15H23N3O3/c1-11(17-10-15(20)6-8-21-9-7-15)12-2-4-13(5-3-12)18-14(16)19/h2-5,11,17,20H,6-10H2,1H3,(H3,16,18,19). The van der Waals surface area contributed by atoms with E-state index < -0.39 is 11.6 Å². The molecule has 1 aromatic rings. The molecule has 1 fully saturated rings. The van der Waals surface area contributed by atoms with E-state index in [9.17, 15) is 9.90 Å². The third-order valence-corrected chi connectivity index (χ3v) is 3.84. The Bertz CT molecular complexity index is 470. The third kappa shape index (κ3) is 4.70. The van der Waals surface area contributed by atoms with Crippen molar-refractivity contribution in [3.63, 3.8) is 0 Å². The van der Waals surface area contributed by atoms with Crippen LogP contribution in [0.1, 0.15) is 31.4 Å². The van der Waals surface area contributed by atoms with Crippen LogP contribution < -0.4 is 16.4 Å². The van der Waals surface area contributed by atoms with Gasteiger partial charge in [0.05, 0.1) is 5.60 Å². The number of carbonyl (C=O) groups excluding carboxylic acids is 1. The van der Waals surface area contributed by atoms with Gasteiger partial charge in [-0.25, -0.2) is 4.79 Å². The Hall–Kier alpha value is -1.63. The van der Waals surface area contributed by atoms with Gasteiger partial charge in [0.1, 0.15) is 0 Å². The highest BCUT2D eigenvalue weighted by atomic mass is 16.5. The number of ether oxygens (including phenoxy) is 1. The summed E-state index contributed by atoms with van der Waals surface area (Å²) in [6.07, 6.45) is 1.32. The number of benzene rings is 1. The molecule has 0 aliphatic carbocycles. The van der Waals surface area contributed by atoms with Crippen molar-refractivity contribution in [1.82, 2.24) is 5.32 Å². The van der Waals surface area contributed by atoms with Crippen molar-refractivity contribution in [3.8, 4) is 0 Å². The van der Waals surface area contributed by atoms with Crippen molar-refractivity contribution in [2.24, 2.45) is 5.73 Å². The number of carbonyl (C=O) groups is 1. The molecule has 116 valence electrons. The molecule has 0 aromatic heterocycles. The molecule has 1 unspecified atom stereocenters. The van der Waals surface area contributed by atoms with Crippen LogP contribution in [0.15, 0.2) is 24.3 Å². The summed E-state index contributed by atoms with van der Waals surface area (Å²) in [5, 5.41) is 16.3. The summed E-state index contributed by atoms with van der Waals surface area (Å²) in [5.74, 6) is 0. The molecule has 6 nitrogen and oxygen atoms in total. The zero-order valence-corrected chi connectivity index (χ0v) is 12.3. The van der Waals surface area contributed by atoms with Gasteiger partial charge in [-0.15, -0.1) is 0 Å². The molecule has 1 heterocycles. The molecule has 1 atom stereocenters. The molecule has 0 spiro atoms. The lowest BCUT2D eigenvalue weighted by molar-refractivity contribution is -0.0626. The first-order valence-electron chi connectivity index (χ1n) is 7.18. The lowest BCUT2D eigenvalue weighted by Gasteiger charge is -2.33. The third-order valence-electron chi connectivity index (χ3n) is 3.84. The van der Waals surface area contributed by atoms with Crippen molar-refractivity contribution in [1.29, 1.82) is 0 Å². The fraction of sp³-hybridized carbons (Fsp3) is 0.533. The molecule has 5 N–H and O–H groups in total. The highest BCUT2D eigenvalue weighted by Gasteiger charge is 2.29. The summed E-state index contributed by atoms with van der Waals surface area (Å²) in [7, 11) is 0.